The van der Waals surface area contributed by atoms with Crippen molar-refractivity contribution in [2.45, 2.75) is 19.1 Å². The Kier molecular flexibility index (Phi) is 4.15. The number of anilines is 1. The molecule has 2 heterocycles. The van der Waals surface area contributed by atoms with Crippen molar-refractivity contribution in [3.05, 3.63) is 54.2 Å². The molecule has 1 aromatic carbocycles. The minimum absolute atomic E-state index is 0.0303. The van der Waals surface area contributed by atoms with Gasteiger partial charge in [0.2, 0.25) is 5.95 Å². The summed E-state index contributed by atoms with van der Waals surface area (Å²) in [5.74, 6) is -1.35. The van der Waals surface area contributed by atoms with E-state index in [4.69, 9.17) is 0 Å². The predicted octanol–water partition coefficient (Wildman–Crippen LogP) is 3.72. The highest BCUT2D eigenvalue weighted by atomic mass is 19.4. The predicted molar refractivity (Wildman–Crippen MR) is 78.8 cm³/mol. The Morgan fingerprint density at radius 3 is 2.29 bits per heavy atom. The van der Waals surface area contributed by atoms with Gasteiger partial charge in [0.05, 0.1) is 11.6 Å². The first-order chi connectivity index (χ1) is 11.4. The van der Waals surface area contributed by atoms with E-state index in [2.05, 4.69) is 29.9 Å². The summed E-state index contributed by atoms with van der Waals surface area (Å²) < 4.78 is 41.9. The smallest absolute Gasteiger partial charge is 0.413 e. The van der Waals surface area contributed by atoms with Crippen LogP contribution in [0.3, 0.4) is 0 Å². The first-order valence-corrected chi connectivity index (χ1v) is 6.98. The van der Waals surface area contributed by atoms with Gasteiger partial charge in [0.25, 0.3) is 5.89 Å². The third-order valence-electron chi connectivity index (χ3n) is 3.21. The summed E-state index contributed by atoms with van der Waals surface area (Å²) in [5.41, 5.74) is 1.26. The maximum atomic E-state index is 12.4. The molecule has 0 aliphatic carbocycles. The minimum Gasteiger partial charge on any atom is -0.413 e. The average Bonchev–Trinajstić information content (AvgIpc) is 3.07. The van der Waals surface area contributed by atoms with Crippen LogP contribution in [0.4, 0.5) is 19.1 Å². The van der Waals surface area contributed by atoms with Crippen molar-refractivity contribution in [3.8, 4) is 11.5 Å². The fraction of sp³-hybridized carbons (Fsp3) is 0.200. The van der Waals surface area contributed by atoms with E-state index in [-0.39, 0.29) is 17.5 Å². The quantitative estimate of drug-likeness (QED) is 0.783. The topological polar surface area (TPSA) is 76.7 Å². The Morgan fingerprint density at radius 1 is 1.04 bits per heavy atom. The lowest BCUT2D eigenvalue weighted by atomic mass is 10.1. The van der Waals surface area contributed by atoms with Gasteiger partial charge in [-0.25, -0.2) is 9.97 Å². The zero-order valence-electron chi connectivity index (χ0n) is 12.4. The maximum absolute atomic E-state index is 12.4. The first-order valence-electron chi connectivity index (χ1n) is 6.98. The lowest BCUT2D eigenvalue weighted by Gasteiger charge is -2.13. The van der Waals surface area contributed by atoms with Crippen molar-refractivity contribution < 1.29 is 17.6 Å². The molecule has 0 saturated heterocycles. The lowest BCUT2D eigenvalue weighted by molar-refractivity contribution is -0.156. The zero-order chi connectivity index (χ0) is 17.2. The fourth-order valence-electron chi connectivity index (χ4n) is 1.99. The van der Waals surface area contributed by atoms with Crippen LogP contribution < -0.4 is 5.32 Å². The first kappa shape index (κ1) is 15.9. The van der Waals surface area contributed by atoms with Crippen molar-refractivity contribution >= 4 is 5.95 Å². The second-order valence-electron chi connectivity index (χ2n) is 4.98. The summed E-state index contributed by atoms with van der Waals surface area (Å²) in [6.07, 6.45) is -2.04. The van der Waals surface area contributed by atoms with Gasteiger partial charge < -0.3 is 9.73 Å². The Hall–Kier alpha value is -2.97. The molecule has 9 heteroatoms. The van der Waals surface area contributed by atoms with Gasteiger partial charge in [0, 0.05) is 12.4 Å². The van der Waals surface area contributed by atoms with E-state index in [1.54, 1.807) is 0 Å². The van der Waals surface area contributed by atoms with E-state index in [1.807, 2.05) is 37.3 Å². The highest BCUT2D eigenvalue weighted by molar-refractivity contribution is 5.50. The maximum Gasteiger partial charge on any atom is 0.470 e. The molecule has 0 amide bonds. The summed E-state index contributed by atoms with van der Waals surface area (Å²) in [7, 11) is 0. The molecule has 0 bridgehead atoms. The van der Waals surface area contributed by atoms with Crippen molar-refractivity contribution in [1.82, 2.24) is 20.2 Å². The molecule has 1 N–H and O–H groups in total. The Labute approximate surface area is 134 Å². The molecule has 3 aromatic rings. The molecule has 0 radical (unpaired) electrons. The second-order valence-corrected chi connectivity index (χ2v) is 4.98. The number of nitrogens with zero attached hydrogens (tertiary/aromatic N) is 4. The van der Waals surface area contributed by atoms with E-state index in [1.165, 1.54) is 12.4 Å². The third-order valence-corrected chi connectivity index (χ3v) is 3.21. The molecule has 124 valence electrons. The summed E-state index contributed by atoms with van der Waals surface area (Å²) in [6, 6.07) is 9.65. The van der Waals surface area contributed by atoms with Crippen LogP contribution in [-0.4, -0.2) is 20.2 Å². The highest BCUT2D eigenvalue weighted by Gasteiger charge is 2.38. The number of hydrogen-bond acceptors (Lipinski definition) is 6. The van der Waals surface area contributed by atoms with Crippen molar-refractivity contribution in [3.63, 3.8) is 0 Å². The Balaban J connectivity index is 1.73. The van der Waals surface area contributed by atoms with Gasteiger partial charge in [-0.05, 0) is 12.5 Å². The highest BCUT2D eigenvalue weighted by Crippen LogP contribution is 2.30. The van der Waals surface area contributed by atoms with Crippen LogP contribution in [-0.2, 0) is 6.18 Å². The van der Waals surface area contributed by atoms with Gasteiger partial charge >= 0.3 is 12.1 Å². The molecule has 3 rings (SSSR count). The number of halogens is 3. The standard InChI is InChI=1S/C15H12F3N5O/c1-9(10-5-3-2-4-6-10)21-14-19-7-11(8-20-14)12-22-23-13(24-12)15(16,17)18/h2-9H,1H3,(H,19,20,21). The number of hydrogen-bond donors (Lipinski definition) is 1. The van der Waals surface area contributed by atoms with Crippen molar-refractivity contribution in [2.75, 3.05) is 5.32 Å². The van der Waals surface area contributed by atoms with E-state index in [0.29, 0.717) is 5.95 Å². The Morgan fingerprint density at radius 2 is 1.71 bits per heavy atom. The van der Waals surface area contributed by atoms with Crippen LogP contribution in [0.5, 0.6) is 0 Å². The largest absolute Gasteiger partial charge is 0.470 e. The van der Waals surface area contributed by atoms with Crippen LogP contribution in [0.15, 0.2) is 47.1 Å². The van der Waals surface area contributed by atoms with Gasteiger partial charge in [-0.15, -0.1) is 10.2 Å². The van der Waals surface area contributed by atoms with Crippen molar-refractivity contribution in [2.24, 2.45) is 0 Å². The fourth-order valence-corrected chi connectivity index (χ4v) is 1.99. The summed E-state index contributed by atoms with van der Waals surface area (Å²) in [6.45, 7) is 1.94. The molecule has 0 aliphatic heterocycles. The second kappa shape index (κ2) is 6.26. The number of nitrogens with one attached hydrogen (secondary N) is 1. The lowest BCUT2D eigenvalue weighted by Crippen LogP contribution is -2.09. The molecular formula is C15H12F3N5O. The van der Waals surface area contributed by atoms with Gasteiger partial charge in [0.1, 0.15) is 0 Å². The van der Waals surface area contributed by atoms with Crippen LogP contribution in [0, 0.1) is 0 Å². The van der Waals surface area contributed by atoms with Gasteiger partial charge in [0.15, 0.2) is 0 Å². The number of alkyl halides is 3. The zero-order valence-corrected chi connectivity index (χ0v) is 12.4. The summed E-state index contributed by atoms with van der Waals surface area (Å²) >= 11 is 0. The third kappa shape index (κ3) is 3.50. The molecular weight excluding hydrogens is 323 g/mol. The van der Waals surface area contributed by atoms with E-state index in [9.17, 15) is 13.2 Å². The minimum atomic E-state index is -4.68. The van der Waals surface area contributed by atoms with Crippen LogP contribution in [0.1, 0.15) is 24.4 Å². The average molecular weight is 335 g/mol. The molecule has 24 heavy (non-hydrogen) atoms. The van der Waals surface area contributed by atoms with Gasteiger partial charge in [-0.3, -0.25) is 0 Å². The summed E-state index contributed by atoms with van der Waals surface area (Å²) in [4.78, 5) is 8.12. The molecule has 1 unspecified atom stereocenters. The number of benzene rings is 1. The monoisotopic (exact) mass is 335 g/mol. The van der Waals surface area contributed by atoms with E-state index >= 15 is 0 Å². The molecule has 2 aromatic heterocycles. The van der Waals surface area contributed by atoms with Gasteiger partial charge in [-0.1, -0.05) is 30.3 Å². The SMILES string of the molecule is CC(Nc1ncc(-c2nnc(C(F)(F)F)o2)cn1)c1ccccc1. The number of rotatable bonds is 4. The van der Waals surface area contributed by atoms with Crippen molar-refractivity contribution in [1.29, 1.82) is 0 Å². The van der Waals surface area contributed by atoms with E-state index < -0.39 is 12.1 Å². The Bertz CT molecular complexity index is 802. The molecule has 0 spiro atoms. The molecule has 0 saturated carbocycles. The molecule has 6 nitrogen and oxygen atoms in total. The molecule has 1 atom stereocenters. The summed E-state index contributed by atoms with van der Waals surface area (Å²) in [5, 5.41) is 9.41. The molecule has 0 aliphatic rings. The number of aromatic nitrogens is 4. The van der Waals surface area contributed by atoms with Crippen LogP contribution >= 0.6 is 0 Å². The van der Waals surface area contributed by atoms with Gasteiger partial charge in [-0.2, -0.15) is 13.2 Å². The normalized spacial score (nSPS) is 12.8. The van der Waals surface area contributed by atoms with Crippen LogP contribution in [0.25, 0.3) is 11.5 Å². The van der Waals surface area contributed by atoms with E-state index in [0.717, 1.165) is 5.56 Å². The molecule has 0 fully saturated rings. The van der Waals surface area contributed by atoms with Crippen LogP contribution in [0.2, 0.25) is 0 Å².